The van der Waals surface area contributed by atoms with Crippen LogP contribution in [-0.2, 0) is 4.74 Å². The normalized spacial score (nSPS) is 10.2. The Morgan fingerprint density at radius 3 is 1.82 bits per heavy atom. The van der Waals surface area contributed by atoms with Gasteiger partial charge < -0.3 is 4.74 Å². The largest absolute Gasteiger partial charge is 0.495 e. The first-order chi connectivity index (χ1) is 5.26. The van der Waals surface area contributed by atoms with Crippen molar-refractivity contribution in [3.05, 3.63) is 36.1 Å². The van der Waals surface area contributed by atoms with Crippen molar-refractivity contribution in [2.45, 2.75) is 13.8 Å². The molecule has 0 aromatic rings. The highest BCUT2D eigenvalue weighted by molar-refractivity contribution is 6.31. The molecule has 0 aliphatic carbocycles. The summed E-state index contributed by atoms with van der Waals surface area (Å²) < 4.78 is 4.81. The molecule has 64 valence electrons. The fourth-order valence-corrected chi connectivity index (χ4v) is 0.533. The van der Waals surface area contributed by atoms with E-state index in [1.807, 2.05) is 13.8 Å². The van der Waals surface area contributed by atoms with Crippen LogP contribution < -0.4 is 0 Å². The Bertz CT molecular complexity index is 148. The summed E-state index contributed by atoms with van der Waals surface area (Å²) in [6.45, 7) is 10.9. The van der Waals surface area contributed by atoms with Gasteiger partial charge in [-0.15, -0.1) is 0 Å². The smallest absolute Gasteiger partial charge is 0.136 e. The molecule has 0 fully saturated rings. The van der Waals surface area contributed by atoms with E-state index in [1.165, 1.54) is 19.3 Å². The topological polar surface area (TPSA) is 9.23 Å². The van der Waals surface area contributed by atoms with Crippen LogP contribution in [0.4, 0.5) is 0 Å². The van der Waals surface area contributed by atoms with Crippen molar-refractivity contribution in [3.63, 3.8) is 0 Å². The molecular weight excluding hydrogens is 160 g/mol. The lowest BCUT2D eigenvalue weighted by atomic mass is 10.4. The van der Waals surface area contributed by atoms with Crippen LogP contribution in [0.5, 0.6) is 0 Å². The molecule has 0 saturated heterocycles. The van der Waals surface area contributed by atoms with Crippen molar-refractivity contribution in [2.24, 2.45) is 0 Å². The molecule has 0 aliphatic rings. The van der Waals surface area contributed by atoms with Gasteiger partial charge in [0.05, 0.1) is 12.1 Å². The van der Waals surface area contributed by atoms with Gasteiger partial charge in [0.2, 0.25) is 0 Å². The standard InChI is InChI=1S/C7H9ClO.C2H6/c1-4-6(8)7(5-2)9-3;1-2/h4-5H,1-2H2,3H3;1-2H3/b7-6-;. The summed E-state index contributed by atoms with van der Waals surface area (Å²) >= 11 is 5.60. The lowest BCUT2D eigenvalue weighted by Gasteiger charge is -1.98. The maximum Gasteiger partial charge on any atom is 0.136 e. The molecule has 11 heavy (non-hydrogen) atoms. The summed E-state index contributed by atoms with van der Waals surface area (Å²) in [5, 5.41) is 0.479. The molecule has 0 amide bonds. The molecule has 0 aromatic carbocycles. The Balaban J connectivity index is 0. The predicted octanol–water partition coefficient (Wildman–Crippen LogP) is 3.48. The molecule has 0 spiro atoms. The fraction of sp³-hybridized carbons (Fsp3) is 0.333. The monoisotopic (exact) mass is 174 g/mol. The van der Waals surface area contributed by atoms with Crippen LogP contribution in [0.3, 0.4) is 0 Å². The van der Waals surface area contributed by atoms with Crippen molar-refractivity contribution in [1.82, 2.24) is 0 Å². The summed E-state index contributed by atoms with van der Waals surface area (Å²) in [5.41, 5.74) is 0. The van der Waals surface area contributed by atoms with Gasteiger partial charge in [0.1, 0.15) is 5.76 Å². The third kappa shape index (κ3) is 5.74. The third-order valence-electron chi connectivity index (χ3n) is 0.820. The first-order valence-electron chi connectivity index (χ1n) is 3.45. The first-order valence-corrected chi connectivity index (χ1v) is 3.82. The molecule has 0 aliphatic heterocycles. The van der Waals surface area contributed by atoms with Gasteiger partial charge in [-0.2, -0.15) is 0 Å². The lowest BCUT2D eigenvalue weighted by molar-refractivity contribution is 0.306. The van der Waals surface area contributed by atoms with Crippen LogP contribution in [0, 0.1) is 0 Å². The van der Waals surface area contributed by atoms with Gasteiger partial charge >= 0.3 is 0 Å². The van der Waals surface area contributed by atoms with Gasteiger partial charge in [0, 0.05) is 0 Å². The van der Waals surface area contributed by atoms with Crippen LogP contribution >= 0.6 is 11.6 Å². The quantitative estimate of drug-likeness (QED) is 0.470. The first kappa shape index (κ1) is 12.9. The van der Waals surface area contributed by atoms with E-state index in [4.69, 9.17) is 16.3 Å². The Hall–Kier alpha value is -0.690. The lowest BCUT2D eigenvalue weighted by Crippen LogP contribution is -1.82. The van der Waals surface area contributed by atoms with Crippen molar-refractivity contribution >= 4 is 11.6 Å². The van der Waals surface area contributed by atoms with E-state index in [2.05, 4.69) is 13.2 Å². The Morgan fingerprint density at radius 2 is 1.73 bits per heavy atom. The minimum atomic E-state index is 0.479. The molecule has 0 unspecified atom stereocenters. The molecule has 0 aromatic heterocycles. The van der Waals surface area contributed by atoms with Gasteiger partial charge in [-0.1, -0.05) is 38.6 Å². The van der Waals surface area contributed by atoms with Crippen molar-refractivity contribution in [2.75, 3.05) is 7.11 Å². The number of rotatable bonds is 3. The molecular formula is C9H15ClO. The zero-order valence-corrected chi connectivity index (χ0v) is 8.11. The van der Waals surface area contributed by atoms with E-state index < -0.39 is 0 Å². The predicted molar refractivity (Wildman–Crippen MR) is 51.6 cm³/mol. The van der Waals surface area contributed by atoms with Gasteiger partial charge in [-0.3, -0.25) is 0 Å². The average molecular weight is 175 g/mol. The average Bonchev–Trinajstić information content (AvgIpc) is 2.10. The van der Waals surface area contributed by atoms with Crippen LogP contribution in [0.15, 0.2) is 36.1 Å². The van der Waals surface area contributed by atoms with Crippen molar-refractivity contribution in [3.8, 4) is 0 Å². The zero-order valence-electron chi connectivity index (χ0n) is 7.36. The van der Waals surface area contributed by atoms with E-state index in [0.717, 1.165) is 0 Å². The van der Waals surface area contributed by atoms with E-state index in [9.17, 15) is 0 Å². The highest BCUT2D eigenvalue weighted by Gasteiger charge is 1.92. The minimum absolute atomic E-state index is 0.479. The van der Waals surface area contributed by atoms with Gasteiger partial charge in [0.15, 0.2) is 0 Å². The zero-order chi connectivity index (χ0) is 9.28. The Morgan fingerprint density at radius 1 is 1.27 bits per heavy atom. The molecule has 0 bridgehead atoms. The number of ether oxygens (including phenoxy) is 1. The molecule has 0 N–H and O–H groups in total. The van der Waals surface area contributed by atoms with Crippen LogP contribution in [0.25, 0.3) is 0 Å². The highest BCUT2D eigenvalue weighted by atomic mass is 35.5. The Kier molecular flexibility index (Phi) is 11.0. The molecule has 1 nitrogen and oxygen atoms in total. The second-order valence-electron chi connectivity index (χ2n) is 1.32. The molecule has 0 radical (unpaired) electrons. The summed E-state index contributed by atoms with van der Waals surface area (Å²) in [6.07, 6.45) is 3.03. The van der Waals surface area contributed by atoms with E-state index in [-0.39, 0.29) is 0 Å². The van der Waals surface area contributed by atoms with Crippen molar-refractivity contribution in [1.29, 1.82) is 0 Å². The van der Waals surface area contributed by atoms with Crippen molar-refractivity contribution < 1.29 is 4.74 Å². The summed E-state index contributed by atoms with van der Waals surface area (Å²) in [7, 11) is 1.53. The van der Waals surface area contributed by atoms with Gasteiger partial charge in [0.25, 0.3) is 0 Å². The second-order valence-corrected chi connectivity index (χ2v) is 1.73. The summed E-state index contributed by atoms with van der Waals surface area (Å²) in [4.78, 5) is 0. The maximum absolute atomic E-state index is 5.60. The van der Waals surface area contributed by atoms with Crippen LogP contribution in [0.1, 0.15) is 13.8 Å². The maximum atomic E-state index is 5.60. The van der Waals surface area contributed by atoms with Crippen LogP contribution in [0.2, 0.25) is 0 Å². The molecule has 0 saturated carbocycles. The summed E-state index contributed by atoms with van der Waals surface area (Å²) in [6, 6.07) is 0. The number of methoxy groups -OCH3 is 1. The van der Waals surface area contributed by atoms with Crippen LogP contribution in [-0.4, -0.2) is 7.11 Å². The SMILES string of the molecule is C=C/C(Cl)=C(\C=C)OC.CC. The Labute approximate surface area is 74.0 Å². The van der Waals surface area contributed by atoms with Gasteiger partial charge in [-0.05, 0) is 12.2 Å². The number of hydrogen-bond donors (Lipinski definition) is 0. The molecule has 0 heterocycles. The number of halogens is 1. The summed E-state index contributed by atoms with van der Waals surface area (Å²) in [5.74, 6) is 0.548. The molecule has 0 rings (SSSR count). The van der Waals surface area contributed by atoms with E-state index in [1.54, 1.807) is 0 Å². The second kappa shape index (κ2) is 9.31. The van der Waals surface area contributed by atoms with E-state index >= 15 is 0 Å². The third-order valence-corrected chi connectivity index (χ3v) is 1.16. The highest BCUT2D eigenvalue weighted by Crippen LogP contribution is 2.10. The number of allylic oxidation sites excluding steroid dienone is 3. The van der Waals surface area contributed by atoms with E-state index in [0.29, 0.717) is 10.8 Å². The number of hydrogen-bond acceptors (Lipinski definition) is 1. The molecule has 2 heteroatoms. The fourth-order valence-electron chi connectivity index (χ4n) is 0.379. The minimum Gasteiger partial charge on any atom is -0.495 e. The molecule has 0 atom stereocenters. The van der Waals surface area contributed by atoms with Gasteiger partial charge in [-0.25, -0.2) is 0 Å².